The van der Waals surface area contributed by atoms with E-state index in [1.165, 1.54) is 7.11 Å². The van der Waals surface area contributed by atoms with Crippen LogP contribution in [0.15, 0.2) is 48.6 Å². The first-order valence-corrected chi connectivity index (χ1v) is 11.9. The fourth-order valence-corrected chi connectivity index (χ4v) is 4.59. The quantitative estimate of drug-likeness (QED) is 0.193. The van der Waals surface area contributed by atoms with Gasteiger partial charge in [0.05, 0.1) is 25.9 Å². The first-order valence-electron chi connectivity index (χ1n) is 11.5. The highest BCUT2D eigenvalue weighted by molar-refractivity contribution is 6.21. The van der Waals surface area contributed by atoms with E-state index in [1.807, 2.05) is 31.2 Å². The van der Waals surface area contributed by atoms with E-state index in [4.69, 9.17) is 16.3 Å². The number of benzene rings is 1. The first-order chi connectivity index (χ1) is 15.4. The van der Waals surface area contributed by atoms with Crippen molar-refractivity contribution in [3.63, 3.8) is 0 Å². The van der Waals surface area contributed by atoms with Crippen LogP contribution < -0.4 is 0 Å². The van der Waals surface area contributed by atoms with Gasteiger partial charge in [0.2, 0.25) is 0 Å². The van der Waals surface area contributed by atoms with E-state index in [1.54, 1.807) is 6.08 Å². The van der Waals surface area contributed by atoms with Crippen molar-refractivity contribution in [3.8, 4) is 0 Å². The molecule has 1 fully saturated rings. The Balaban J connectivity index is 1.87. The zero-order chi connectivity index (χ0) is 23.3. The molecule has 2 N–H and O–H groups in total. The zero-order valence-corrected chi connectivity index (χ0v) is 19.9. The third-order valence-corrected chi connectivity index (χ3v) is 6.39. The summed E-state index contributed by atoms with van der Waals surface area (Å²) >= 11 is 6.51. The number of esters is 1. The summed E-state index contributed by atoms with van der Waals surface area (Å²) in [7, 11) is 1.40. The number of aliphatic hydroxyl groups excluding tert-OH is 2. The lowest BCUT2D eigenvalue weighted by atomic mass is 9.90. The van der Waals surface area contributed by atoms with Gasteiger partial charge in [-0.3, -0.25) is 4.79 Å². The highest BCUT2D eigenvalue weighted by Gasteiger charge is 2.39. The minimum Gasteiger partial charge on any atom is -0.469 e. The molecule has 32 heavy (non-hydrogen) atoms. The Kier molecular flexibility index (Phi) is 12.0. The van der Waals surface area contributed by atoms with Crippen LogP contribution in [0.4, 0.5) is 0 Å². The number of ether oxygens (including phenoxy) is 2. The number of methoxy groups -OCH3 is 1. The normalized spacial score (nSPS) is 24.4. The number of alkyl halides is 1. The van der Waals surface area contributed by atoms with Gasteiger partial charge in [-0.25, -0.2) is 0 Å². The Morgan fingerprint density at radius 2 is 2.09 bits per heavy atom. The van der Waals surface area contributed by atoms with Gasteiger partial charge in [-0.05, 0) is 49.7 Å². The van der Waals surface area contributed by atoms with Gasteiger partial charge in [0.15, 0.2) is 0 Å². The number of hydrogen-bond acceptors (Lipinski definition) is 5. The molecule has 1 aliphatic rings. The van der Waals surface area contributed by atoms with Crippen LogP contribution >= 0.6 is 11.6 Å². The van der Waals surface area contributed by atoms with Crippen LogP contribution in [0.2, 0.25) is 0 Å². The summed E-state index contributed by atoms with van der Waals surface area (Å²) in [4.78, 5) is 11.2. The van der Waals surface area contributed by atoms with Gasteiger partial charge in [0.1, 0.15) is 0 Å². The summed E-state index contributed by atoms with van der Waals surface area (Å²) in [6.45, 7) is 3.21. The topological polar surface area (TPSA) is 76.0 Å². The highest BCUT2D eigenvalue weighted by Crippen LogP contribution is 2.39. The average Bonchev–Trinajstić information content (AvgIpc) is 3.05. The number of allylic oxidation sites excluding steroid dienone is 2. The van der Waals surface area contributed by atoms with Crippen molar-refractivity contribution in [2.45, 2.75) is 69.6 Å². The fraction of sp³-hybridized carbons (Fsp3) is 0.577. The summed E-state index contributed by atoms with van der Waals surface area (Å²) in [5, 5.41) is 20.9. The van der Waals surface area contributed by atoms with E-state index in [0.717, 1.165) is 30.4 Å². The van der Waals surface area contributed by atoms with E-state index >= 15 is 0 Å². The van der Waals surface area contributed by atoms with Crippen LogP contribution in [0.1, 0.15) is 50.2 Å². The van der Waals surface area contributed by atoms with Crippen LogP contribution in [0.3, 0.4) is 0 Å². The molecule has 0 radical (unpaired) electrons. The lowest BCUT2D eigenvalue weighted by molar-refractivity contribution is -0.140. The summed E-state index contributed by atoms with van der Waals surface area (Å²) in [6, 6.07) is 8.05. The Hall–Kier alpha value is -1.66. The molecular weight excluding hydrogens is 428 g/mol. The second-order valence-electron chi connectivity index (χ2n) is 8.35. The summed E-state index contributed by atoms with van der Waals surface area (Å²) < 4.78 is 10.1. The first kappa shape index (κ1) is 26.6. The molecule has 1 aliphatic carbocycles. The van der Waals surface area contributed by atoms with E-state index in [0.29, 0.717) is 32.5 Å². The summed E-state index contributed by atoms with van der Waals surface area (Å²) in [5.41, 5.74) is 2.14. The van der Waals surface area contributed by atoms with Gasteiger partial charge < -0.3 is 19.7 Å². The summed E-state index contributed by atoms with van der Waals surface area (Å²) in [6.07, 6.45) is 10.5. The lowest BCUT2D eigenvalue weighted by Crippen LogP contribution is -2.19. The zero-order valence-electron chi connectivity index (χ0n) is 19.2. The van der Waals surface area contributed by atoms with Crippen LogP contribution in [0.25, 0.3) is 0 Å². The fourth-order valence-electron chi connectivity index (χ4n) is 4.13. The monoisotopic (exact) mass is 464 g/mol. The van der Waals surface area contributed by atoms with Crippen molar-refractivity contribution >= 4 is 17.6 Å². The average molecular weight is 465 g/mol. The molecule has 0 spiro atoms. The number of unbranched alkanes of at least 4 members (excludes halogenated alkanes) is 1. The third-order valence-electron chi connectivity index (χ3n) is 5.89. The van der Waals surface area contributed by atoms with Crippen molar-refractivity contribution < 1.29 is 24.5 Å². The van der Waals surface area contributed by atoms with Gasteiger partial charge in [-0.1, -0.05) is 48.6 Å². The number of carbonyl (C=O) groups excluding carboxylic acids is 1. The maximum atomic E-state index is 11.2. The Morgan fingerprint density at radius 3 is 2.84 bits per heavy atom. The molecule has 1 aromatic rings. The standard InChI is InChI=1S/C26H37ClO5/c1-3-32-18-20-10-8-9-19(15-20)16-21(28)13-14-23-22(24(27)17-25(23)29)11-6-4-5-7-12-26(30)31-2/h4,6,8-10,13-15,21-25,28-29H,3,5,7,11-12,16-18H2,1-2H3/t21-,22+,23+,24+,25+/m0/s1. The number of rotatable bonds is 13. The molecule has 0 aromatic heterocycles. The predicted octanol–water partition coefficient (Wildman–Crippen LogP) is 4.58. The molecule has 1 saturated carbocycles. The van der Waals surface area contributed by atoms with Gasteiger partial charge >= 0.3 is 5.97 Å². The molecule has 0 amide bonds. The van der Waals surface area contributed by atoms with Crippen LogP contribution in [0, 0.1) is 11.8 Å². The van der Waals surface area contributed by atoms with E-state index < -0.39 is 12.2 Å². The Morgan fingerprint density at radius 1 is 1.31 bits per heavy atom. The number of carbonyl (C=O) groups is 1. The maximum absolute atomic E-state index is 11.2. The molecule has 178 valence electrons. The van der Waals surface area contributed by atoms with Crippen LogP contribution in [0.5, 0.6) is 0 Å². The second-order valence-corrected chi connectivity index (χ2v) is 8.91. The number of halogens is 1. The minimum absolute atomic E-state index is 0.0869. The van der Waals surface area contributed by atoms with Crippen molar-refractivity contribution in [3.05, 3.63) is 59.7 Å². The molecule has 0 heterocycles. The van der Waals surface area contributed by atoms with E-state index in [9.17, 15) is 15.0 Å². The molecule has 5 nitrogen and oxygen atoms in total. The lowest BCUT2D eigenvalue weighted by Gasteiger charge is -2.19. The molecular formula is C26H37ClO5. The van der Waals surface area contributed by atoms with Gasteiger partial charge in [0, 0.05) is 30.7 Å². The Bertz CT molecular complexity index is 747. The Labute approximate surface area is 197 Å². The maximum Gasteiger partial charge on any atom is 0.305 e. The van der Waals surface area contributed by atoms with Crippen molar-refractivity contribution in [1.29, 1.82) is 0 Å². The molecule has 0 unspecified atom stereocenters. The van der Waals surface area contributed by atoms with Gasteiger partial charge in [0.25, 0.3) is 0 Å². The molecule has 0 saturated heterocycles. The third kappa shape index (κ3) is 9.07. The highest BCUT2D eigenvalue weighted by atomic mass is 35.5. The van der Waals surface area contributed by atoms with E-state index in [2.05, 4.69) is 23.0 Å². The molecule has 6 heteroatoms. The largest absolute Gasteiger partial charge is 0.469 e. The van der Waals surface area contributed by atoms with Crippen molar-refractivity contribution in [1.82, 2.24) is 0 Å². The smallest absolute Gasteiger partial charge is 0.305 e. The van der Waals surface area contributed by atoms with Gasteiger partial charge in [-0.2, -0.15) is 0 Å². The number of aliphatic hydroxyl groups is 2. The summed E-state index contributed by atoms with van der Waals surface area (Å²) in [5.74, 6) is -0.166. The molecule has 1 aromatic carbocycles. The van der Waals surface area contributed by atoms with E-state index in [-0.39, 0.29) is 23.2 Å². The minimum atomic E-state index is -0.631. The number of hydrogen-bond donors (Lipinski definition) is 2. The molecule has 2 rings (SSSR count). The second kappa shape index (κ2) is 14.5. The van der Waals surface area contributed by atoms with Crippen molar-refractivity contribution in [2.24, 2.45) is 11.8 Å². The molecule has 0 bridgehead atoms. The predicted molar refractivity (Wildman–Crippen MR) is 127 cm³/mol. The molecule has 5 atom stereocenters. The van der Waals surface area contributed by atoms with Gasteiger partial charge in [-0.15, -0.1) is 11.6 Å². The van der Waals surface area contributed by atoms with Crippen molar-refractivity contribution in [2.75, 3.05) is 13.7 Å². The SMILES string of the molecule is CCOCc1cccc(C[C@@H](O)C=C[C@@H]2[C@@H](CC=CCCCC(=O)OC)[C@H](Cl)C[C@H]2O)c1. The van der Waals surface area contributed by atoms with Crippen LogP contribution in [-0.2, 0) is 27.3 Å². The molecule has 0 aliphatic heterocycles. The van der Waals surface area contributed by atoms with Crippen LogP contribution in [-0.4, -0.2) is 47.5 Å².